The first-order chi connectivity index (χ1) is 6.99. The maximum atomic E-state index is 9.52. The summed E-state index contributed by atoms with van der Waals surface area (Å²) in [6.45, 7) is 4.04. The number of aliphatic hydroxyl groups is 1. The molecule has 0 aromatic carbocycles. The Morgan fingerprint density at radius 2 is 2.20 bits per heavy atom. The quantitative estimate of drug-likeness (QED) is 0.383. The number of thiocarbonyl (C=S) groups is 1. The summed E-state index contributed by atoms with van der Waals surface area (Å²) < 4.78 is 0. The molecular weight excluding hydrogens is 208 g/mol. The highest BCUT2D eigenvalue weighted by molar-refractivity contribution is 7.82. The summed E-state index contributed by atoms with van der Waals surface area (Å²) in [4.78, 5) is 0.438. The molecule has 84 valence electrons. The maximum absolute atomic E-state index is 9.52. The molecule has 1 aliphatic rings. The predicted octanol–water partition coefficient (Wildman–Crippen LogP) is 2.57. The zero-order chi connectivity index (χ0) is 11.4. The number of nitrogens with one attached hydrogen (secondary N) is 2. The molecule has 0 aromatic heterocycles. The van der Waals surface area contributed by atoms with Gasteiger partial charge in [-0.2, -0.15) is 0 Å². The lowest BCUT2D eigenvalue weighted by atomic mass is 10.1. The highest BCUT2D eigenvalue weighted by Gasteiger charge is 2.22. The van der Waals surface area contributed by atoms with Gasteiger partial charge in [-0.05, 0) is 18.8 Å². The molecule has 0 saturated heterocycles. The predicted molar refractivity (Wildman–Crippen MR) is 66.6 cm³/mol. The first kappa shape index (κ1) is 12.2. The van der Waals surface area contributed by atoms with E-state index in [1.807, 2.05) is 13.8 Å². The van der Waals surface area contributed by atoms with Crippen LogP contribution in [0.25, 0.3) is 0 Å². The molecule has 0 aromatic rings. The minimum Gasteiger partial charge on any atom is -0.512 e. The monoisotopic (exact) mass is 226 g/mol. The van der Waals surface area contributed by atoms with Crippen molar-refractivity contribution in [1.29, 1.82) is 5.41 Å². The Morgan fingerprint density at radius 3 is 2.67 bits per heavy atom. The molecule has 0 atom stereocenters. The van der Waals surface area contributed by atoms with E-state index in [0.29, 0.717) is 23.4 Å². The fourth-order valence-electron chi connectivity index (χ4n) is 1.20. The third kappa shape index (κ3) is 4.93. The van der Waals surface area contributed by atoms with Gasteiger partial charge in [-0.1, -0.05) is 26.1 Å². The third-order valence-corrected chi connectivity index (χ3v) is 2.42. The van der Waals surface area contributed by atoms with Gasteiger partial charge in [0.05, 0.1) is 11.5 Å². The lowest BCUT2D eigenvalue weighted by Crippen LogP contribution is -2.29. The highest BCUT2D eigenvalue weighted by atomic mass is 32.1. The minimum absolute atomic E-state index is 0.204. The van der Waals surface area contributed by atoms with Gasteiger partial charge >= 0.3 is 0 Å². The van der Waals surface area contributed by atoms with Crippen molar-refractivity contribution in [1.82, 2.24) is 5.32 Å². The zero-order valence-electron chi connectivity index (χ0n) is 9.21. The lowest BCUT2D eigenvalue weighted by Gasteiger charge is -2.06. The maximum Gasteiger partial charge on any atom is 0.124 e. The van der Waals surface area contributed by atoms with E-state index in [1.165, 1.54) is 6.08 Å². The Balaban J connectivity index is 2.40. The van der Waals surface area contributed by atoms with Crippen LogP contribution in [-0.2, 0) is 0 Å². The van der Waals surface area contributed by atoms with Crippen molar-refractivity contribution in [3.63, 3.8) is 0 Å². The van der Waals surface area contributed by atoms with Crippen molar-refractivity contribution in [2.24, 2.45) is 5.92 Å². The smallest absolute Gasteiger partial charge is 0.124 e. The third-order valence-electron chi connectivity index (χ3n) is 2.09. The van der Waals surface area contributed by atoms with Crippen LogP contribution in [0.1, 0.15) is 33.1 Å². The summed E-state index contributed by atoms with van der Waals surface area (Å²) in [6, 6.07) is 0.457. The first-order valence-corrected chi connectivity index (χ1v) is 5.69. The summed E-state index contributed by atoms with van der Waals surface area (Å²) in [5.41, 5.74) is 0.204. The standard InChI is InChI=1S/C11H18N2OS/c1-7(2)5-9(14)6-10(12)11(15)13-8-3-4-8/h6-8,12,14H,3-5H2,1-2H3,(H,13,15)/b9-6-,12-10?. The van der Waals surface area contributed by atoms with Crippen LogP contribution in [-0.4, -0.2) is 21.8 Å². The van der Waals surface area contributed by atoms with Gasteiger partial charge in [0.25, 0.3) is 0 Å². The van der Waals surface area contributed by atoms with Crippen LogP contribution in [0.3, 0.4) is 0 Å². The molecule has 3 nitrogen and oxygen atoms in total. The van der Waals surface area contributed by atoms with Crippen molar-refractivity contribution in [3.8, 4) is 0 Å². The van der Waals surface area contributed by atoms with Gasteiger partial charge in [-0.25, -0.2) is 0 Å². The Hall–Kier alpha value is -0.900. The van der Waals surface area contributed by atoms with Crippen LogP contribution < -0.4 is 5.32 Å². The summed E-state index contributed by atoms with van der Waals surface area (Å²) in [7, 11) is 0. The van der Waals surface area contributed by atoms with Gasteiger partial charge in [-0.3, -0.25) is 5.41 Å². The summed E-state index contributed by atoms with van der Waals surface area (Å²) in [5.74, 6) is 0.619. The van der Waals surface area contributed by atoms with Crippen molar-refractivity contribution in [2.75, 3.05) is 0 Å². The fourth-order valence-corrected chi connectivity index (χ4v) is 1.43. The van der Waals surface area contributed by atoms with Crippen molar-refractivity contribution >= 4 is 22.9 Å². The van der Waals surface area contributed by atoms with Gasteiger partial charge in [0.1, 0.15) is 4.99 Å². The molecule has 0 spiro atoms. The van der Waals surface area contributed by atoms with E-state index >= 15 is 0 Å². The SMILES string of the molecule is CC(C)C/C(O)=C/C(=N)C(=S)NC1CC1. The summed E-state index contributed by atoms with van der Waals surface area (Å²) in [5, 5.41) is 20.2. The molecule has 3 N–H and O–H groups in total. The van der Waals surface area contributed by atoms with Crippen molar-refractivity contribution in [3.05, 3.63) is 11.8 Å². The highest BCUT2D eigenvalue weighted by Crippen LogP contribution is 2.18. The number of allylic oxidation sites excluding steroid dienone is 1. The molecule has 0 amide bonds. The van der Waals surface area contributed by atoms with E-state index in [1.54, 1.807) is 0 Å². The number of hydrogen-bond donors (Lipinski definition) is 3. The van der Waals surface area contributed by atoms with Gasteiger partial charge in [-0.15, -0.1) is 0 Å². The Labute approximate surface area is 96.1 Å². The Bertz CT molecular complexity index is 293. The zero-order valence-corrected chi connectivity index (χ0v) is 10.0. The average molecular weight is 226 g/mol. The van der Waals surface area contributed by atoms with E-state index < -0.39 is 0 Å². The normalized spacial score (nSPS) is 16.6. The Morgan fingerprint density at radius 1 is 1.60 bits per heavy atom. The molecule has 1 saturated carbocycles. The Kier molecular flexibility index (Phi) is 4.27. The van der Waals surface area contributed by atoms with Crippen LogP contribution in [0.5, 0.6) is 0 Å². The average Bonchev–Trinajstić information content (AvgIpc) is 2.86. The molecule has 0 aliphatic heterocycles. The molecule has 0 unspecified atom stereocenters. The molecular formula is C11H18N2OS. The van der Waals surface area contributed by atoms with E-state index in [9.17, 15) is 5.11 Å². The minimum atomic E-state index is 0.204. The molecule has 4 heteroatoms. The van der Waals surface area contributed by atoms with Crippen LogP contribution >= 0.6 is 12.2 Å². The van der Waals surface area contributed by atoms with Crippen LogP contribution in [0.2, 0.25) is 0 Å². The van der Waals surface area contributed by atoms with E-state index in [0.717, 1.165) is 12.8 Å². The second-order valence-electron chi connectivity index (χ2n) is 4.40. The van der Waals surface area contributed by atoms with Crippen molar-refractivity contribution in [2.45, 2.75) is 39.2 Å². The second kappa shape index (κ2) is 5.26. The van der Waals surface area contributed by atoms with Crippen LogP contribution in [0.15, 0.2) is 11.8 Å². The summed E-state index contributed by atoms with van der Waals surface area (Å²) in [6.07, 6.45) is 4.30. The molecule has 0 radical (unpaired) electrons. The molecule has 0 bridgehead atoms. The fraction of sp³-hybridized carbons (Fsp3) is 0.636. The van der Waals surface area contributed by atoms with Gasteiger partial charge in [0.15, 0.2) is 0 Å². The van der Waals surface area contributed by atoms with Gasteiger partial charge in [0.2, 0.25) is 0 Å². The van der Waals surface area contributed by atoms with Gasteiger partial charge in [0, 0.05) is 18.5 Å². The second-order valence-corrected chi connectivity index (χ2v) is 4.80. The largest absolute Gasteiger partial charge is 0.512 e. The lowest BCUT2D eigenvalue weighted by molar-refractivity contribution is 0.366. The van der Waals surface area contributed by atoms with E-state index in [4.69, 9.17) is 17.6 Å². The van der Waals surface area contributed by atoms with Crippen LogP contribution in [0, 0.1) is 11.3 Å². The van der Waals surface area contributed by atoms with Crippen molar-refractivity contribution < 1.29 is 5.11 Å². The molecule has 0 heterocycles. The number of rotatable bonds is 5. The molecule has 1 aliphatic carbocycles. The number of aliphatic hydroxyl groups excluding tert-OH is 1. The number of hydrogen-bond acceptors (Lipinski definition) is 3. The topological polar surface area (TPSA) is 56.1 Å². The molecule has 1 rings (SSSR count). The first-order valence-electron chi connectivity index (χ1n) is 5.28. The van der Waals surface area contributed by atoms with E-state index in [2.05, 4.69) is 5.32 Å². The molecule has 1 fully saturated rings. The summed E-state index contributed by atoms with van der Waals surface area (Å²) >= 11 is 5.03. The van der Waals surface area contributed by atoms with Crippen LogP contribution in [0.4, 0.5) is 0 Å². The van der Waals surface area contributed by atoms with E-state index in [-0.39, 0.29) is 11.5 Å². The molecule has 15 heavy (non-hydrogen) atoms. The van der Waals surface area contributed by atoms with Gasteiger partial charge < -0.3 is 10.4 Å².